The summed E-state index contributed by atoms with van der Waals surface area (Å²) in [6.45, 7) is 4.96. The first kappa shape index (κ1) is 22.8. The fourth-order valence-corrected chi connectivity index (χ4v) is 4.49. The van der Waals surface area contributed by atoms with Crippen molar-refractivity contribution in [1.29, 1.82) is 0 Å². The van der Waals surface area contributed by atoms with Gasteiger partial charge >= 0.3 is 0 Å². The molecule has 1 amide bonds. The van der Waals surface area contributed by atoms with Gasteiger partial charge in [0.2, 0.25) is 0 Å². The summed E-state index contributed by atoms with van der Waals surface area (Å²) in [4.78, 5) is 17.5. The maximum Gasteiger partial charge on any atom is 0.276 e. The lowest BCUT2D eigenvalue weighted by atomic mass is 10.1. The molecule has 0 bridgehead atoms. The predicted molar refractivity (Wildman–Crippen MR) is 133 cm³/mol. The van der Waals surface area contributed by atoms with E-state index in [0.29, 0.717) is 36.7 Å². The zero-order valence-electron chi connectivity index (χ0n) is 20.1. The first-order valence-electron chi connectivity index (χ1n) is 11.6. The van der Waals surface area contributed by atoms with E-state index in [0.717, 1.165) is 35.7 Å². The van der Waals surface area contributed by atoms with E-state index in [1.807, 2.05) is 54.3 Å². The third-order valence-electron chi connectivity index (χ3n) is 6.39. The van der Waals surface area contributed by atoms with Gasteiger partial charge in [-0.3, -0.25) is 4.79 Å². The number of hydrogen-bond donors (Lipinski definition) is 0. The highest BCUT2D eigenvalue weighted by molar-refractivity contribution is 5.94. The smallest absolute Gasteiger partial charge is 0.276 e. The maximum atomic E-state index is 13.4. The Labute approximate surface area is 203 Å². The largest absolute Gasteiger partial charge is 0.497 e. The van der Waals surface area contributed by atoms with Gasteiger partial charge in [-0.15, -0.1) is 10.2 Å². The number of benzene rings is 2. The molecule has 1 fully saturated rings. The van der Waals surface area contributed by atoms with Crippen LogP contribution in [0.5, 0.6) is 5.75 Å². The number of nitrogens with zero attached hydrogens (tertiary/aromatic N) is 6. The van der Waals surface area contributed by atoms with E-state index in [2.05, 4.69) is 27.2 Å². The van der Waals surface area contributed by atoms with Gasteiger partial charge in [0.1, 0.15) is 5.75 Å². The number of carbonyl (C=O) groups excluding carboxylic acids is 1. The molecule has 3 heterocycles. The fraction of sp³-hybridized carbons (Fsp3) is 0.308. The summed E-state index contributed by atoms with van der Waals surface area (Å²) in [6, 6.07) is 18.0. The minimum Gasteiger partial charge on any atom is -0.497 e. The lowest BCUT2D eigenvalue weighted by Crippen LogP contribution is -2.49. The summed E-state index contributed by atoms with van der Waals surface area (Å²) in [5, 5.41) is 13.6. The Bertz CT molecular complexity index is 1330. The number of fused-ring (bicyclic) bond motifs is 1. The average molecular weight is 473 g/mol. The molecule has 35 heavy (non-hydrogen) atoms. The fourth-order valence-electron chi connectivity index (χ4n) is 4.49. The van der Waals surface area contributed by atoms with Crippen LogP contribution >= 0.6 is 0 Å². The Hall–Kier alpha value is -3.98. The molecular weight excluding hydrogens is 444 g/mol. The number of methoxy groups -OCH3 is 2. The Morgan fingerprint density at radius 2 is 1.66 bits per heavy atom. The molecule has 0 N–H and O–H groups in total. The van der Waals surface area contributed by atoms with Gasteiger partial charge in [0, 0.05) is 39.0 Å². The number of para-hydroxylation sites is 1. The third-order valence-corrected chi connectivity index (χ3v) is 6.39. The van der Waals surface area contributed by atoms with Crippen molar-refractivity contribution in [1.82, 2.24) is 24.7 Å². The van der Waals surface area contributed by atoms with Crippen LogP contribution in [0.3, 0.4) is 0 Å². The van der Waals surface area contributed by atoms with Crippen molar-refractivity contribution in [3.8, 4) is 16.9 Å². The first-order chi connectivity index (χ1) is 17.1. The number of amides is 1. The number of ether oxygens (including phenoxy) is 2. The third kappa shape index (κ3) is 4.30. The number of rotatable bonds is 6. The standard InChI is InChI=1S/C26H28N6O3/c1-18-24(26(33)31-15-13-30(14-16-31)20-7-5-4-6-8-20)27-28-25-23(22(17-34-2)29-32(18)25)19-9-11-21(35-3)12-10-19/h4-12H,13-17H2,1-3H3. The molecule has 9 heteroatoms. The second-order valence-corrected chi connectivity index (χ2v) is 8.47. The van der Waals surface area contributed by atoms with Gasteiger partial charge < -0.3 is 19.3 Å². The predicted octanol–water partition coefficient (Wildman–Crippen LogP) is 3.22. The van der Waals surface area contributed by atoms with Crippen LogP contribution in [0.25, 0.3) is 16.8 Å². The summed E-state index contributed by atoms with van der Waals surface area (Å²) in [5.41, 5.74) is 5.23. The van der Waals surface area contributed by atoms with Gasteiger partial charge in [-0.25, -0.2) is 4.52 Å². The molecule has 2 aromatic heterocycles. The van der Waals surface area contributed by atoms with Crippen LogP contribution < -0.4 is 9.64 Å². The van der Waals surface area contributed by atoms with Crippen molar-refractivity contribution in [2.45, 2.75) is 13.5 Å². The summed E-state index contributed by atoms with van der Waals surface area (Å²) < 4.78 is 12.4. The van der Waals surface area contributed by atoms with Crippen LogP contribution in [0.15, 0.2) is 54.6 Å². The van der Waals surface area contributed by atoms with E-state index < -0.39 is 0 Å². The Morgan fingerprint density at radius 3 is 2.31 bits per heavy atom. The molecule has 0 unspecified atom stereocenters. The molecule has 1 aliphatic heterocycles. The minimum absolute atomic E-state index is 0.126. The highest BCUT2D eigenvalue weighted by Crippen LogP contribution is 2.30. The quantitative estimate of drug-likeness (QED) is 0.426. The second-order valence-electron chi connectivity index (χ2n) is 8.47. The van der Waals surface area contributed by atoms with Gasteiger partial charge in [-0.05, 0) is 36.8 Å². The molecule has 0 radical (unpaired) electrons. The van der Waals surface area contributed by atoms with Crippen LogP contribution in [0.1, 0.15) is 21.9 Å². The molecule has 180 valence electrons. The van der Waals surface area contributed by atoms with Crippen molar-refractivity contribution in [3.63, 3.8) is 0 Å². The van der Waals surface area contributed by atoms with Crippen molar-refractivity contribution >= 4 is 17.2 Å². The number of carbonyl (C=O) groups is 1. The van der Waals surface area contributed by atoms with Crippen molar-refractivity contribution in [2.75, 3.05) is 45.3 Å². The lowest BCUT2D eigenvalue weighted by molar-refractivity contribution is 0.0738. The second kappa shape index (κ2) is 9.71. The van der Waals surface area contributed by atoms with E-state index in [4.69, 9.17) is 14.6 Å². The number of piperazine rings is 1. The zero-order valence-corrected chi connectivity index (χ0v) is 20.1. The maximum absolute atomic E-state index is 13.4. The molecule has 1 aliphatic rings. The molecule has 9 nitrogen and oxygen atoms in total. The molecular formula is C26H28N6O3. The van der Waals surface area contributed by atoms with Gasteiger partial charge in [0.25, 0.3) is 5.91 Å². The summed E-state index contributed by atoms with van der Waals surface area (Å²) in [7, 11) is 3.26. The number of aromatic nitrogens is 4. The molecule has 0 saturated carbocycles. The molecule has 2 aromatic carbocycles. The highest BCUT2D eigenvalue weighted by atomic mass is 16.5. The molecule has 0 spiro atoms. The van der Waals surface area contributed by atoms with Gasteiger partial charge in [-0.2, -0.15) is 5.10 Å². The zero-order chi connectivity index (χ0) is 24.4. The Kier molecular flexibility index (Phi) is 6.33. The van der Waals surface area contributed by atoms with Crippen molar-refractivity contribution in [2.24, 2.45) is 0 Å². The van der Waals surface area contributed by atoms with Crippen LogP contribution in [0.2, 0.25) is 0 Å². The molecule has 1 saturated heterocycles. The van der Waals surface area contributed by atoms with E-state index in [9.17, 15) is 4.79 Å². The van der Waals surface area contributed by atoms with E-state index >= 15 is 0 Å². The minimum atomic E-state index is -0.126. The SMILES string of the molecule is COCc1nn2c(C)c(C(=O)N3CCN(c4ccccc4)CC3)nnc2c1-c1ccc(OC)cc1. The highest BCUT2D eigenvalue weighted by Gasteiger charge is 2.27. The van der Waals surface area contributed by atoms with Crippen molar-refractivity contribution in [3.05, 3.63) is 71.7 Å². The average Bonchev–Trinajstić information content (AvgIpc) is 3.28. The number of anilines is 1. The normalized spacial score (nSPS) is 13.9. The Balaban J connectivity index is 1.43. The summed E-state index contributed by atoms with van der Waals surface area (Å²) in [5.74, 6) is 0.639. The molecule has 0 aliphatic carbocycles. The molecule has 5 rings (SSSR count). The number of hydrogen-bond acceptors (Lipinski definition) is 7. The lowest BCUT2D eigenvalue weighted by Gasteiger charge is -2.36. The van der Waals surface area contributed by atoms with Gasteiger partial charge in [0.15, 0.2) is 11.3 Å². The van der Waals surface area contributed by atoms with Crippen LogP contribution in [-0.4, -0.2) is 71.0 Å². The van der Waals surface area contributed by atoms with Gasteiger partial charge in [0.05, 0.1) is 30.7 Å². The Morgan fingerprint density at radius 1 is 0.943 bits per heavy atom. The van der Waals surface area contributed by atoms with Crippen LogP contribution in [-0.2, 0) is 11.3 Å². The van der Waals surface area contributed by atoms with E-state index in [-0.39, 0.29) is 5.91 Å². The first-order valence-corrected chi connectivity index (χ1v) is 11.6. The van der Waals surface area contributed by atoms with Gasteiger partial charge in [-0.1, -0.05) is 30.3 Å². The molecule has 0 atom stereocenters. The van der Waals surface area contributed by atoms with Crippen molar-refractivity contribution < 1.29 is 14.3 Å². The van der Waals surface area contributed by atoms with E-state index in [1.165, 1.54) is 5.69 Å². The van der Waals surface area contributed by atoms with E-state index in [1.54, 1.807) is 18.7 Å². The summed E-state index contributed by atoms with van der Waals surface area (Å²) in [6.07, 6.45) is 0. The monoisotopic (exact) mass is 472 g/mol. The molecule has 4 aromatic rings. The van der Waals surface area contributed by atoms with Crippen LogP contribution in [0, 0.1) is 6.92 Å². The summed E-state index contributed by atoms with van der Waals surface area (Å²) >= 11 is 0. The number of aryl methyl sites for hydroxylation is 1. The topological polar surface area (TPSA) is 85.1 Å². The van der Waals surface area contributed by atoms with Crippen LogP contribution in [0.4, 0.5) is 5.69 Å².